The molecule has 0 spiro atoms. The molecule has 7 nitrogen and oxygen atoms in total. The third-order valence-corrected chi connectivity index (χ3v) is 10.2. The van der Waals surface area contributed by atoms with Gasteiger partial charge in [-0.25, -0.2) is 13.6 Å². The highest BCUT2D eigenvalue weighted by Crippen LogP contribution is 2.41. The summed E-state index contributed by atoms with van der Waals surface area (Å²) in [6, 6.07) is 16.4. The van der Waals surface area contributed by atoms with E-state index in [-0.39, 0.29) is 44.0 Å². The second kappa shape index (κ2) is 13.9. The molecule has 0 radical (unpaired) electrons. The number of hydrogen-bond acceptors (Lipinski definition) is 5. The molecule has 3 aromatic carbocycles. The first-order valence-electron chi connectivity index (χ1n) is 15.3. The Morgan fingerprint density at radius 3 is 2.13 bits per heavy atom. The number of carboxylic acid groups (broad SMARTS) is 1. The zero-order valence-corrected chi connectivity index (χ0v) is 28.2. The summed E-state index contributed by atoms with van der Waals surface area (Å²) in [6.07, 6.45) is 1.16. The lowest BCUT2D eigenvalue weighted by Crippen LogP contribution is -2.49. The topological polar surface area (TPSA) is 93.9 Å². The fraction of sp³-hybridized carbons (Fsp3) is 0.361. The highest BCUT2D eigenvalue weighted by Gasteiger charge is 2.36. The number of carbonyl (C=O) groups is 2. The van der Waals surface area contributed by atoms with Gasteiger partial charge in [0.05, 0.1) is 33.9 Å². The predicted octanol–water partition coefficient (Wildman–Crippen LogP) is 9.36. The SMILES string of the molecule is COc1ccc(-c2ccc(C#N)cc2)cc1CN(C(=O)c1sc2c(F)ccc(F)c2c1Cl)C1CCC(N(CC(C)(C)C)C(=O)O)CC1. The first-order chi connectivity index (χ1) is 22.3. The number of methoxy groups -OCH3 is 1. The number of nitriles is 1. The van der Waals surface area contributed by atoms with Crippen molar-refractivity contribution in [3.8, 4) is 22.9 Å². The minimum atomic E-state index is -0.971. The van der Waals surface area contributed by atoms with Crippen molar-refractivity contribution in [2.75, 3.05) is 13.7 Å². The number of hydrogen-bond donors (Lipinski definition) is 1. The van der Waals surface area contributed by atoms with E-state index < -0.39 is 23.6 Å². The van der Waals surface area contributed by atoms with Crippen molar-refractivity contribution < 1.29 is 28.2 Å². The standard InChI is InChI=1S/C36H36ClF2N3O4S/c1-36(2,3)20-42(35(44)45)26-12-10-25(11-13-26)41(34(43)33-31(37)30-27(38)14-15-28(39)32(30)47-33)19-24-17-23(9-16-29(24)46-4)22-7-5-21(18-40)6-8-22/h5-9,14-17,25-26H,10-13,19-20H2,1-4H3,(H,44,45). The number of halogens is 3. The van der Waals surface area contributed by atoms with Gasteiger partial charge in [-0.05, 0) is 78.6 Å². The number of amides is 2. The maximum absolute atomic E-state index is 14.8. The molecule has 2 amide bonds. The first kappa shape index (κ1) is 34.1. The summed E-state index contributed by atoms with van der Waals surface area (Å²) >= 11 is 7.42. The van der Waals surface area contributed by atoms with Crippen LogP contribution in [0.2, 0.25) is 5.02 Å². The van der Waals surface area contributed by atoms with Crippen molar-refractivity contribution in [3.63, 3.8) is 0 Å². The Morgan fingerprint density at radius 1 is 0.979 bits per heavy atom. The molecular formula is C36H36ClF2N3O4S. The molecule has 1 fully saturated rings. The Balaban J connectivity index is 1.52. The molecule has 0 saturated heterocycles. The van der Waals surface area contributed by atoms with Crippen molar-refractivity contribution in [2.24, 2.45) is 5.41 Å². The first-order valence-corrected chi connectivity index (χ1v) is 16.5. The van der Waals surface area contributed by atoms with E-state index in [0.717, 1.165) is 34.6 Å². The van der Waals surface area contributed by atoms with Crippen LogP contribution in [-0.2, 0) is 6.54 Å². The Kier molecular flexibility index (Phi) is 10.1. The number of benzene rings is 3. The highest BCUT2D eigenvalue weighted by molar-refractivity contribution is 7.21. The zero-order chi connectivity index (χ0) is 34.0. The van der Waals surface area contributed by atoms with Gasteiger partial charge in [-0.1, -0.05) is 50.6 Å². The molecule has 1 N–H and O–H groups in total. The van der Waals surface area contributed by atoms with Crippen LogP contribution in [0.25, 0.3) is 21.2 Å². The number of nitrogens with zero attached hydrogens (tertiary/aromatic N) is 3. The predicted molar refractivity (Wildman–Crippen MR) is 180 cm³/mol. The molecular weight excluding hydrogens is 644 g/mol. The largest absolute Gasteiger partial charge is 0.496 e. The summed E-state index contributed by atoms with van der Waals surface area (Å²) in [5, 5.41) is 19.0. The van der Waals surface area contributed by atoms with Crippen LogP contribution in [0, 0.1) is 28.4 Å². The van der Waals surface area contributed by atoms with Crippen LogP contribution in [0.5, 0.6) is 5.75 Å². The van der Waals surface area contributed by atoms with E-state index in [0.29, 0.717) is 49.1 Å². The van der Waals surface area contributed by atoms with Gasteiger partial charge >= 0.3 is 6.09 Å². The Morgan fingerprint density at radius 2 is 1.57 bits per heavy atom. The van der Waals surface area contributed by atoms with Gasteiger partial charge in [0.15, 0.2) is 0 Å². The molecule has 1 heterocycles. The summed E-state index contributed by atoms with van der Waals surface area (Å²) < 4.78 is 35.2. The van der Waals surface area contributed by atoms with E-state index in [2.05, 4.69) is 6.07 Å². The molecule has 1 aromatic heterocycles. The zero-order valence-electron chi connectivity index (χ0n) is 26.6. The summed E-state index contributed by atoms with van der Waals surface area (Å²) in [4.78, 5) is 29.9. The van der Waals surface area contributed by atoms with Crippen molar-refractivity contribution in [1.82, 2.24) is 9.80 Å². The minimum Gasteiger partial charge on any atom is -0.496 e. The summed E-state index contributed by atoms with van der Waals surface area (Å²) in [6.45, 7) is 6.48. The number of thiophene rings is 1. The summed E-state index contributed by atoms with van der Waals surface area (Å²) in [7, 11) is 1.54. The quantitative estimate of drug-likeness (QED) is 0.200. The van der Waals surface area contributed by atoms with Gasteiger partial charge in [0.25, 0.3) is 5.91 Å². The third kappa shape index (κ3) is 7.37. The Bertz CT molecular complexity index is 1840. The van der Waals surface area contributed by atoms with E-state index in [1.54, 1.807) is 24.1 Å². The van der Waals surface area contributed by atoms with E-state index >= 15 is 0 Å². The van der Waals surface area contributed by atoms with E-state index in [1.807, 2.05) is 51.1 Å². The third-order valence-electron chi connectivity index (χ3n) is 8.54. The molecule has 0 aliphatic heterocycles. The molecule has 1 aliphatic rings. The maximum Gasteiger partial charge on any atom is 0.407 e. The van der Waals surface area contributed by atoms with E-state index in [1.165, 1.54) is 4.90 Å². The minimum absolute atomic E-state index is 0.0262. The molecule has 246 valence electrons. The number of ether oxygens (including phenoxy) is 1. The molecule has 11 heteroatoms. The molecule has 0 unspecified atom stereocenters. The average Bonchev–Trinajstić information content (AvgIpc) is 3.41. The Labute approximate surface area is 281 Å². The molecule has 0 atom stereocenters. The van der Waals surface area contributed by atoms with E-state index in [9.17, 15) is 28.7 Å². The van der Waals surface area contributed by atoms with Crippen molar-refractivity contribution in [2.45, 2.75) is 65.1 Å². The van der Waals surface area contributed by atoms with Gasteiger partial charge in [0, 0.05) is 30.7 Å². The second-order valence-electron chi connectivity index (χ2n) is 13.1. The van der Waals surface area contributed by atoms with Gasteiger partial charge in [-0.3, -0.25) is 4.79 Å². The maximum atomic E-state index is 14.8. The van der Waals surface area contributed by atoms with Crippen LogP contribution in [0.15, 0.2) is 54.6 Å². The van der Waals surface area contributed by atoms with Crippen molar-refractivity contribution >= 4 is 45.0 Å². The summed E-state index contributed by atoms with van der Waals surface area (Å²) in [5.74, 6) is -1.29. The number of fused-ring (bicyclic) bond motifs is 1. The Hall–Kier alpha value is -4.20. The fourth-order valence-corrected chi connectivity index (χ4v) is 7.79. The molecule has 4 aromatic rings. The van der Waals surface area contributed by atoms with E-state index in [4.69, 9.17) is 16.3 Å². The number of carbonyl (C=O) groups excluding carboxylic acids is 1. The van der Waals surface area contributed by atoms with Gasteiger partial charge in [0.2, 0.25) is 0 Å². The van der Waals surface area contributed by atoms with Crippen LogP contribution < -0.4 is 4.74 Å². The van der Waals surface area contributed by atoms with Crippen LogP contribution in [-0.4, -0.2) is 52.6 Å². The molecule has 1 saturated carbocycles. The average molecular weight is 680 g/mol. The van der Waals surface area contributed by atoms with Crippen molar-refractivity contribution in [1.29, 1.82) is 5.26 Å². The van der Waals surface area contributed by atoms with Crippen LogP contribution in [0.3, 0.4) is 0 Å². The van der Waals surface area contributed by atoms with Gasteiger partial charge in [-0.2, -0.15) is 5.26 Å². The monoisotopic (exact) mass is 679 g/mol. The normalized spacial score (nSPS) is 16.5. The second-order valence-corrected chi connectivity index (χ2v) is 14.5. The van der Waals surface area contributed by atoms with Gasteiger partial charge < -0.3 is 19.6 Å². The summed E-state index contributed by atoms with van der Waals surface area (Å²) in [5.41, 5.74) is 2.74. The van der Waals surface area contributed by atoms with Crippen LogP contribution in [0.1, 0.15) is 67.3 Å². The molecule has 1 aliphatic carbocycles. The fourth-order valence-electron chi connectivity index (χ4n) is 6.28. The van der Waals surface area contributed by atoms with Crippen LogP contribution >= 0.6 is 22.9 Å². The lowest BCUT2D eigenvalue weighted by Gasteiger charge is -2.41. The smallest absolute Gasteiger partial charge is 0.407 e. The molecule has 5 rings (SSSR count). The molecule has 0 bridgehead atoms. The molecule has 47 heavy (non-hydrogen) atoms. The van der Waals surface area contributed by atoms with Gasteiger partial charge in [-0.15, -0.1) is 11.3 Å². The highest BCUT2D eigenvalue weighted by atomic mass is 35.5. The van der Waals surface area contributed by atoms with Gasteiger partial charge in [0.1, 0.15) is 22.3 Å². The lowest BCUT2D eigenvalue weighted by atomic mass is 9.87. The number of rotatable bonds is 8. The van der Waals surface area contributed by atoms with Crippen LogP contribution in [0.4, 0.5) is 13.6 Å². The van der Waals surface area contributed by atoms with Crippen molar-refractivity contribution in [3.05, 3.63) is 87.3 Å². The lowest BCUT2D eigenvalue weighted by molar-refractivity contribution is 0.0492.